The number of hydrogen-bond donors (Lipinski definition) is 0. The Bertz CT molecular complexity index is 1390. The van der Waals surface area contributed by atoms with Crippen LogP contribution < -0.4 is 0 Å². The minimum absolute atomic E-state index is 0.143. The number of benzene rings is 2. The average molecular weight is 428 g/mol. The maximum Gasteiger partial charge on any atom is 0.227 e. The number of carbonyl (C=O) groups is 1. The number of amides is 1. The second-order valence-electron chi connectivity index (χ2n) is 8.01. The largest absolute Gasteiger partial charge is 0.334 e. The van der Waals surface area contributed by atoms with Crippen molar-refractivity contribution in [2.24, 2.45) is 4.99 Å². The molecule has 0 fully saturated rings. The average Bonchev–Trinajstić information content (AvgIpc) is 3.39. The summed E-state index contributed by atoms with van der Waals surface area (Å²) in [6.07, 6.45) is 4.13. The second-order valence-corrected chi connectivity index (χ2v) is 8.45. The second kappa shape index (κ2) is 7.03. The molecule has 2 aliphatic rings. The molecule has 152 valence electrons. The molecule has 2 aromatic carbocycles. The third-order valence-corrected chi connectivity index (χ3v) is 6.21. The van der Waals surface area contributed by atoms with Crippen LogP contribution in [0.2, 0.25) is 5.02 Å². The summed E-state index contributed by atoms with van der Waals surface area (Å²) in [7, 11) is 0. The summed E-state index contributed by atoms with van der Waals surface area (Å²) in [5.41, 5.74) is 8.47. The first-order chi connectivity index (χ1) is 15.1. The summed E-state index contributed by atoms with van der Waals surface area (Å²) in [5, 5.41) is 8.71. The molecule has 31 heavy (non-hydrogen) atoms. The number of aliphatic imine (C=N–C) groups is 1. The molecule has 0 N–H and O–H groups in total. The van der Waals surface area contributed by atoms with Gasteiger partial charge in [0.1, 0.15) is 6.33 Å². The fraction of sp³-hybridized carbons (Fsp3) is 0.167. The van der Waals surface area contributed by atoms with Crippen LogP contribution in [0.4, 0.5) is 0 Å². The Balaban J connectivity index is 1.33. The summed E-state index contributed by atoms with van der Waals surface area (Å²) in [5.74, 6) is 0.143. The van der Waals surface area contributed by atoms with E-state index in [1.807, 2.05) is 51.9 Å². The van der Waals surface area contributed by atoms with E-state index in [1.54, 1.807) is 6.33 Å². The number of rotatable bonds is 3. The molecule has 0 unspecified atom stereocenters. The zero-order valence-corrected chi connectivity index (χ0v) is 17.4. The highest BCUT2D eigenvalue weighted by Crippen LogP contribution is 2.30. The van der Waals surface area contributed by atoms with Crippen molar-refractivity contribution in [1.82, 2.24) is 19.5 Å². The first-order valence-electron chi connectivity index (χ1n) is 10.2. The fourth-order valence-electron chi connectivity index (χ4n) is 4.44. The Morgan fingerprint density at radius 2 is 1.97 bits per heavy atom. The molecule has 0 saturated carbocycles. The van der Waals surface area contributed by atoms with Gasteiger partial charge in [-0.25, -0.2) is 0 Å². The molecule has 0 aliphatic carbocycles. The van der Waals surface area contributed by atoms with Crippen LogP contribution >= 0.6 is 11.6 Å². The lowest BCUT2D eigenvalue weighted by molar-refractivity contribution is -0.132. The highest BCUT2D eigenvalue weighted by atomic mass is 35.5. The number of carbonyl (C=O) groups excluding carboxylic acids is 1. The summed E-state index contributed by atoms with van der Waals surface area (Å²) in [6, 6.07) is 16.0. The lowest BCUT2D eigenvalue weighted by Gasteiger charge is -2.29. The predicted octanol–water partition coefficient (Wildman–Crippen LogP) is 3.82. The van der Waals surface area contributed by atoms with Gasteiger partial charge >= 0.3 is 0 Å². The summed E-state index contributed by atoms with van der Waals surface area (Å²) in [4.78, 5) is 19.5. The van der Waals surface area contributed by atoms with Gasteiger partial charge in [-0.05, 0) is 52.6 Å². The minimum atomic E-state index is 0.143. The molecule has 0 atom stereocenters. The molecule has 4 aromatic rings. The molecule has 0 spiro atoms. The Morgan fingerprint density at radius 3 is 2.87 bits per heavy atom. The van der Waals surface area contributed by atoms with Gasteiger partial charge in [-0.2, -0.15) is 0 Å². The predicted molar refractivity (Wildman–Crippen MR) is 118 cm³/mol. The Labute approximate surface area is 183 Å². The van der Waals surface area contributed by atoms with Gasteiger partial charge in [0.25, 0.3) is 0 Å². The van der Waals surface area contributed by atoms with E-state index in [2.05, 4.69) is 22.3 Å². The smallest absolute Gasteiger partial charge is 0.227 e. The normalized spacial score (nSPS) is 15.2. The molecule has 2 aliphatic heterocycles. The van der Waals surface area contributed by atoms with Crippen molar-refractivity contribution in [3.63, 3.8) is 0 Å². The molecule has 0 radical (unpaired) electrons. The molecule has 0 saturated heterocycles. The van der Waals surface area contributed by atoms with Crippen LogP contribution in [0.15, 0.2) is 66.0 Å². The lowest BCUT2D eigenvalue weighted by atomic mass is 9.91. The number of halogens is 1. The summed E-state index contributed by atoms with van der Waals surface area (Å²) in [6.45, 7) is 1.78. The van der Waals surface area contributed by atoms with Crippen LogP contribution in [-0.2, 0) is 30.8 Å². The molecule has 4 heterocycles. The molecular formula is C24H18ClN5O. The Hall–Kier alpha value is -3.51. The van der Waals surface area contributed by atoms with E-state index in [1.165, 1.54) is 11.1 Å². The van der Waals surface area contributed by atoms with Crippen molar-refractivity contribution in [3.05, 3.63) is 99.5 Å². The van der Waals surface area contributed by atoms with Gasteiger partial charge in [-0.1, -0.05) is 29.8 Å². The zero-order valence-electron chi connectivity index (χ0n) is 16.6. The third-order valence-electron chi connectivity index (χ3n) is 5.97. The molecule has 2 aromatic heterocycles. The maximum absolute atomic E-state index is 12.8. The topological polar surface area (TPSA) is 62.9 Å². The number of hydrogen-bond acceptors (Lipinski definition) is 4. The molecule has 1 amide bonds. The molecule has 6 nitrogen and oxygen atoms in total. The highest BCUT2D eigenvalue weighted by Gasteiger charge is 2.27. The Morgan fingerprint density at radius 1 is 1.03 bits per heavy atom. The van der Waals surface area contributed by atoms with Crippen LogP contribution in [0, 0.1) is 0 Å². The van der Waals surface area contributed by atoms with Gasteiger partial charge in [0, 0.05) is 35.4 Å². The van der Waals surface area contributed by atoms with Crippen molar-refractivity contribution in [3.8, 4) is 0 Å². The highest BCUT2D eigenvalue weighted by molar-refractivity contribution is 6.30. The molecule has 7 heteroatoms. The van der Waals surface area contributed by atoms with Gasteiger partial charge in [0.05, 0.1) is 18.7 Å². The van der Waals surface area contributed by atoms with Crippen LogP contribution in [0.3, 0.4) is 0 Å². The molecule has 6 rings (SSSR count). The standard InChI is InChI=1S/C24H18ClN5O/c25-20-3-1-2-15(6-20)11-29-13-19-8-21-18(7-17(19)9-23(29)31)10-26-24(21)16-4-5-22-28-27-14-30(22)12-16/h1-8,12,14H,9-11,13H2. The van der Waals surface area contributed by atoms with E-state index in [-0.39, 0.29) is 5.91 Å². The van der Waals surface area contributed by atoms with E-state index in [0.29, 0.717) is 31.1 Å². The van der Waals surface area contributed by atoms with Gasteiger partial charge in [-0.3, -0.25) is 14.2 Å². The van der Waals surface area contributed by atoms with Crippen molar-refractivity contribution in [2.45, 2.75) is 26.1 Å². The minimum Gasteiger partial charge on any atom is -0.334 e. The first-order valence-corrected chi connectivity index (χ1v) is 10.5. The van der Waals surface area contributed by atoms with Crippen LogP contribution in [0.1, 0.15) is 33.4 Å². The number of pyridine rings is 1. The van der Waals surface area contributed by atoms with E-state index in [4.69, 9.17) is 16.6 Å². The van der Waals surface area contributed by atoms with Crippen LogP contribution in [-0.4, -0.2) is 31.1 Å². The molecule has 0 bridgehead atoms. The molecular weight excluding hydrogens is 410 g/mol. The van der Waals surface area contributed by atoms with Gasteiger partial charge in [0.2, 0.25) is 5.91 Å². The zero-order chi connectivity index (χ0) is 20.9. The van der Waals surface area contributed by atoms with E-state index in [9.17, 15) is 4.79 Å². The number of aromatic nitrogens is 3. The van der Waals surface area contributed by atoms with E-state index >= 15 is 0 Å². The van der Waals surface area contributed by atoms with Crippen LogP contribution in [0.25, 0.3) is 5.65 Å². The fourth-order valence-corrected chi connectivity index (χ4v) is 4.65. The van der Waals surface area contributed by atoms with Crippen molar-refractivity contribution in [2.75, 3.05) is 0 Å². The van der Waals surface area contributed by atoms with Crippen molar-refractivity contribution < 1.29 is 4.79 Å². The van der Waals surface area contributed by atoms with Crippen molar-refractivity contribution in [1.29, 1.82) is 0 Å². The van der Waals surface area contributed by atoms with Crippen molar-refractivity contribution >= 4 is 28.9 Å². The number of fused-ring (bicyclic) bond motifs is 3. The van der Waals surface area contributed by atoms with Gasteiger partial charge in [-0.15, -0.1) is 10.2 Å². The third kappa shape index (κ3) is 3.20. The Kier molecular flexibility index (Phi) is 4.14. The summed E-state index contributed by atoms with van der Waals surface area (Å²) < 4.78 is 1.90. The maximum atomic E-state index is 12.8. The SMILES string of the molecule is O=C1Cc2cc3c(cc2CN1Cc1cccc(Cl)c1)C(c1ccc2nncn2c1)=NC3. The lowest BCUT2D eigenvalue weighted by Crippen LogP contribution is -2.35. The van der Waals surface area contributed by atoms with Gasteiger partial charge < -0.3 is 4.90 Å². The van der Waals surface area contributed by atoms with E-state index < -0.39 is 0 Å². The first kappa shape index (κ1) is 18.3. The summed E-state index contributed by atoms with van der Waals surface area (Å²) >= 11 is 6.12. The number of nitrogens with zero attached hydrogens (tertiary/aromatic N) is 5. The quantitative estimate of drug-likeness (QED) is 0.499. The monoisotopic (exact) mass is 427 g/mol. The van der Waals surface area contributed by atoms with Gasteiger partial charge in [0.15, 0.2) is 5.65 Å². The van der Waals surface area contributed by atoms with Crippen LogP contribution in [0.5, 0.6) is 0 Å². The van der Waals surface area contributed by atoms with E-state index in [0.717, 1.165) is 33.6 Å².